The molecule has 3 rings (SSSR count). The van der Waals surface area contributed by atoms with Gasteiger partial charge in [-0.25, -0.2) is 0 Å². The minimum absolute atomic E-state index is 0.177. The van der Waals surface area contributed by atoms with Gasteiger partial charge >= 0.3 is 0 Å². The Kier molecular flexibility index (Phi) is 5.86. The number of amides is 1. The molecule has 0 bridgehead atoms. The van der Waals surface area contributed by atoms with Crippen molar-refractivity contribution in [2.24, 2.45) is 5.92 Å². The van der Waals surface area contributed by atoms with Crippen molar-refractivity contribution in [1.82, 2.24) is 19.7 Å². The van der Waals surface area contributed by atoms with Gasteiger partial charge in [0, 0.05) is 19.6 Å². The first kappa shape index (κ1) is 18.8. The van der Waals surface area contributed by atoms with Crippen molar-refractivity contribution >= 4 is 17.7 Å². The first-order valence-corrected chi connectivity index (χ1v) is 9.93. The van der Waals surface area contributed by atoms with E-state index in [1.165, 1.54) is 11.8 Å². The third kappa shape index (κ3) is 3.87. The molecule has 7 heteroatoms. The number of nitrogens with zero attached hydrogens (tertiary/aromatic N) is 4. The zero-order chi connectivity index (χ0) is 18.7. The quantitative estimate of drug-likeness (QED) is 0.569. The van der Waals surface area contributed by atoms with Crippen molar-refractivity contribution < 1.29 is 9.21 Å². The maximum Gasteiger partial charge on any atom is 0.235 e. The van der Waals surface area contributed by atoms with E-state index >= 15 is 0 Å². The lowest BCUT2D eigenvalue weighted by molar-refractivity contribution is -0.131. The van der Waals surface area contributed by atoms with Crippen LogP contribution in [-0.2, 0) is 11.3 Å². The van der Waals surface area contributed by atoms with Gasteiger partial charge in [-0.05, 0) is 38.7 Å². The molecule has 26 heavy (non-hydrogen) atoms. The number of rotatable bonds is 6. The van der Waals surface area contributed by atoms with Crippen LogP contribution in [0.15, 0.2) is 34.6 Å². The van der Waals surface area contributed by atoms with Gasteiger partial charge in [0.1, 0.15) is 5.76 Å². The van der Waals surface area contributed by atoms with Crippen molar-refractivity contribution in [3.8, 4) is 11.4 Å². The van der Waals surface area contributed by atoms with Gasteiger partial charge in [-0.3, -0.25) is 9.36 Å². The summed E-state index contributed by atoms with van der Waals surface area (Å²) in [6.07, 6.45) is 5.62. The molecule has 0 radical (unpaired) electrons. The number of hydrogen-bond acceptors (Lipinski definition) is 5. The number of piperidine rings is 1. The number of hydrogen-bond donors (Lipinski definition) is 0. The molecule has 2 aromatic rings. The van der Waals surface area contributed by atoms with Crippen LogP contribution >= 0.6 is 11.8 Å². The molecule has 1 amide bonds. The topological polar surface area (TPSA) is 64.2 Å². The summed E-state index contributed by atoms with van der Waals surface area (Å²) in [7, 11) is 0. The molecule has 0 aliphatic carbocycles. The van der Waals surface area contributed by atoms with Crippen molar-refractivity contribution in [3.63, 3.8) is 0 Å². The van der Waals surface area contributed by atoms with E-state index in [-0.39, 0.29) is 11.2 Å². The summed E-state index contributed by atoms with van der Waals surface area (Å²) in [6, 6.07) is 1.89. The SMILES string of the molecule is C=CCn1c(SC(C)C(=O)N2CCC(C)CC2)nnc1-c1ccoc1C. The van der Waals surface area contributed by atoms with Gasteiger partial charge in [-0.2, -0.15) is 0 Å². The zero-order valence-electron chi connectivity index (χ0n) is 15.6. The fraction of sp³-hybridized carbons (Fsp3) is 0.526. The molecule has 0 spiro atoms. The van der Waals surface area contributed by atoms with Gasteiger partial charge in [-0.15, -0.1) is 16.8 Å². The summed E-state index contributed by atoms with van der Waals surface area (Å²) < 4.78 is 7.38. The second-order valence-electron chi connectivity index (χ2n) is 6.86. The summed E-state index contributed by atoms with van der Waals surface area (Å²) in [5.74, 6) is 2.42. The molecule has 1 unspecified atom stereocenters. The van der Waals surface area contributed by atoms with Crippen LogP contribution < -0.4 is 0 Å². The Hall–Kier alpha value is -2.02. The fourth-order valence-corrected chi connectivity index (χ4v) is 4.12. The fourth-order valence-electron chi connectivity index (χ4n) is 3.18. The highest BCUT2D eigenvalue weighted by Gasteiger charge is 2.27. The van der Waals surface area contributed by atoms with Gasteiger partial charge < -0.3 is 9.32 Å². The van der Waals surface area contributed by atoms with Gasteiger partial charge in [0.15, 0.2) is 11.0 Å². The lowest BCUT2D eigenvalue weighted by Crippen LogP contribution is -2.41. The average molecular weight is 375 g/mol. The first-order chi connectivity index (χ1) is 12.5. The van der Waals surface area contributed by atoms with E-state index in [0.717, 1.165) is 48.2 Å². The van der Waals surface area contributed by atoms with Crippen LogP contribution in [-0.4, -0.2) is 43.9 Å². The van der Waals surface area contributed by atoms with Crippen molar-refractivity contribution in [3.05, 3.63) is 30.7 Å². The summed E-state index contributed by atoms with van der Waals surface area (Å²) in [5.41, 5.74) is 0.912. The van der Waals surface area contributed by atoms with Gasteiger partial charge in [0.25, 0.3) is 0 Å². The van der Waals surface area contributed by atoms with Crippen LogP contribution in [0.25, 0.3) is 11.4 Å². The molecular weight excluding hydrogens is 348 g/mol. The smallest absolute Gasteiger partial charge is 0.235 e. The van der Waals surface area contributed by atoms with E-state index in [9.17, 15) is 4.79 Å². The Morgan fingerprint density at radius 2 is 2.19 bits per heavy atom. The third-order valence-corrected chi connectivity index (χ3v) is 5.92. The molecule has 2 aromatic heterocycles. The maximum absolute atomic E-state index is 12.8. The van der Waals surface area contributed by atoms with Crippen LogP contribution in [0.3, 0.4) is 0 Å². The summed E-state index contributed by atoms with van der Waals surface area (Å²) in [6.45, 7) is 12.2. The predicted molar refractivity (Wildman–Crippen MR) is 103 cm³/mol. The molecule has 3 heterocycles. The Morgan fingerprint density at radius 3 is 2.81 bits per heavy atom. The van der Waals surface area contributed by atoms with E-state index in [2.05, 4.69) is 23.7 Å². The Balaban J connectivity index is 1.77. The molecule has 1 saturated heterocycles. The summed E-state index contributed by atoms with van der Waals surface area (Å²) in [5, 5.41) is 9.19. The number of aryl methyl sites for hydroxylation is 1. The summed E-state index contributed by atoms with van der Waals surface area (Å²) >= 11 is 1.46. The highest BCUT2D eigenvalue weighted by molar-refractivity contribution is 8.00. The van der Waals surface area contributed by atoms with Gasteiger partial charge in [0.2, 0.25) is 5.91 Å². The number of aromatic nitrogens is 3. The van der Waals surface area contributed by atoms with E-state index in [1.54, 1.807) is 6.26 Å². The highest BCUT2D eigenvalue weighted by Crippen LogP contribution is 2.30. The lowest BCUT2D eigenvalue weighted by Gasteiger charge is -2.31. The molecule has 1 aliphatic rings. The molecule has 1 fully saturated rings. The Bertz CT molecular complexity index is 774. The minimum atomic E-state index is -0.200. The van der Waals surface area contributed by atoms with Gasteiger partial charge in [-0.1, -0.05) is 24.8 Å². The van der Waals surface area contributed by atoms with Crippen molar-refractivity contribution in [1.29, 1.82) is 0 Å². The normalized spacial score (nSPS) is 16.7. The second kappa shape index (κ2) is 8.12. The number of furan rings is 1. The average Bonchev–Trinajstić information content (AvgIpc) is 3.21. The number of carbonyl (C=O) groups is 1. The largest absolute Gasteiger partial charge is 0.469 e. The zero-order valence-corrected chi connectivity index (χ0v) is 16.5. The van der Waals surface area contributed by atoms with Crippen LogP contribution in [0.5, 0.6) is 0 Å². The number of thioether (sulfide) groups is 1. The number of carbonyl (C=O) groups excluding carboxylic acids is 1. The monoisotopic (exact) mass is 374 g/mol. The Labute approximate surface area is 158 Å². The van der Waals surface area contributed by atoms with Crippen molar-refractivity contribution in [2.45, 2.75) is 50.6 Å². The van der Waals surface area contributed by atoms with E-state index < -0.39 is 0 Å². The third-order valence-electron chi connectivity index (χ3n) is 4.85. The maximum atomic E-state index is 12.8. The highest BCUT2D eigenvalue weighted by atomic mass is 32.2. The lowest BCUT2D eigenvalue weighted by atomic mass is 9.99. The van der Waals surface area contributed by atoms with E-state index in [4.69, 9.17) is 4.42 Å². The molecule has 1 atom stereocenters. The molecule has 6 nitrogen and oxygen atoms in total. The van der Waals surface area contributed by atoms with Crippen LogP contribution in [0.2, 0.25) is 0 Å². The summed E-state index contributed by atoms with van der Waals surface area (Å²) in [4.78, 5) is 14.8. The number of likely N-dealkylation sites (tertiary alicyclic amines) is 1. The predicted octanol–water partition coefficient (Wildman–Crippen LogP) is 3.77. The Morgan fingerprint density at radius 1 is 1.46 bits per heavy atom. The molecule has 140 valence electrons. The van der Waals surface area contributed by atoms with Crippen LogP contribution in [0.4, 0.5) is 0 Å². The standard InChI is InChI=1S/C19H26N4O2S/c1-5-9-23-17(16-8-12-25-14(16)3)20-21-19(23)26-15(4)18(24)22-10-6-13(2)7-11-22/h5,8,12-13,15H,1,6-7,9-11H2,2-4H3. The van der Waals surface area contributed by atoms with Crippen molar-refractivity contribution in [2.75, 3.05) is 13.1 Å². The second-order valence-corrected chi connectivity index (χ2v) is 8.17. The van der Waals surface area contributed by atoms with Crippen LogP contribution in [0.1, 0.15) is 32.4 Å². The molecule has 0 aromatic carbocycles. The molecule has 0 N–H and O–H groups in total. The minimum Gasteiger partial charge on any atom is -0.469 e. The van der Waals surface area contributed by atoms with E-state index in [0.29, 0.717) is 12.5 Å². The number of allylic oxidation sites excluding steroid dienone is 1. The van der Waals surface area contributed by atoms with Gasteiger partial charge in [0.05, 0.1) is 17.1 Å². The molecule has 0 saturated carbocycles. The molecular formula is C19H26N4O2S. The van der Waals surface area contributed by atoms with Crippen LogP contribution in [0, 0.1) is 12.8 Å². The van der Waals surface area contributed by atoms with E-state index in [1.807, 2.05) is 35.5 Å². The first-order valence-electron chi connectivity index (χ1n) is 9.05. The molecule has 1 aliphatic heterocycles.